The molecule has 0 fully saturated rings. The Bertz CT molecular complexity index is 433. The fourth-order valence-corrected chi connectivity index (χ4v) is 4.29. The van der Waals surface area contributed by atoms with Gasteiger partial charge in [-0.25, -0.2) is 13.1 Å². The van der Waals surface area contributed by atoms with Gasteiger partial charge in [0.1, 0.15) is 4.21 Å². The van der Waals surface area contributed by atoms with Crippen LogP contribution in [0.25, 0.3) is 0 Å². The van der Waals surface area contributed by atoms with E-state index in [-0.39, 0.29) is 4.21 Å². The number of hydrogen-bond acceptors (Lipinski definition) is 3. The van der Waals surface area contributed by atoms with E-state index < -0.39 is 10.0 Å². The first-order valence-corrected chi connectivity index (χ1v) is 9.17. The second-order valence-corrected chi connectivity index (χ2v) is 8.06. The van der Waals surface area contributed by atoms with Crippen LogP contribution < -0.4 is 4.72 Å². The molecule has 1 N–H and O–H groups in total. The summed E-state index contributed by atoms with van der Waals surface area (Å²) in [6, 6.07) is 3.12. The molecule has 0 unspecified atom stereocenters. The Kier molecular flexibility index (Phi) is 7.02. The predicted molar refractivity (Wildman–Crippen MR) is 76.8 cm³/mol. The van der Waals surface area contributed by atoms with Crippen LogP contribution in [0.3, 0.4) is 0 Å². The molecule has 98 valence electrons. The molecule has 7 heteroatoms. The van der Waals surface area contributed by atoms with Gasteiger partial charge in [0.2, 0.25) is 10.0 Å². The van der Waals surface area contributed by atoms with E-state index in [1.54, 1.807) is 6.07 Å². The predicted octanol–water partition coefficient (Wildman–Crippen LogP) is 3.64. The maximum atomic E-state index is 11.8. The fraction of sp³-hybridized carbons (Fsp3) is 0.600. The van der Waals surface area contributed by atoms with Gasteiger partial charge in [-0.2, -0.15) is 0 Å². The second kappa shape index (κ2) is 7.74. The van der Waals surface area contributed by atoms with E-state index in [1.165, 1.54) is 6.07 Å². The van der Waals surface area contributed by atoms with Crippen molar-refractivity contribution in [3.63, 3.8) is 0 Å². The third-order valence-corrected chi connectivity index (χ3v) is 5.91. The summed E-state index contributed by atoms with van der Waals surface area (Å²) in [5, 5.41) is 1.01. The maximum Gasteiger partial charge on any atom is 0.250 e. The molecular weight excluding hydrogens is 346 g/mol. The van der Waals surface area contributed by atoms with Crippen molar-refractivity contribution in [2.24, 2.45) is 0 Å². The summed E-state index contributed by atoms with van der Waals surface area (Å²) in [6.07, 6.45) is 4.16. The standard InChI is InChI=1S/C10H15BrClNO2S2/c11-7-3-1-2-4-8-13-17(14,15)10-6-5-9(12)16-10/h5-6,13H,1-4,7-8H2. The van der Waals surface area contributed by atoms with Crippen molar-refractivity contribution in [1.29, 1.82) is 0 Å². The molecule has 0 spiro atoms. The van der Waals surface area contributed by atoms with Crippen molar-refractivity contribution in [2.45, 2.75) is 29.9 Å². The lowest BCUT2D eigenvalue weighted by Gasteiger charge is -2.04. The van der Waals surface area contributed by atoms with Gasteiger partial charge in [-0.1, -0.05) is 40.4 Å². The highest BCUT2D eigenvalue weighted by atomic mass is 79.9. The van der Waals surface area contributed by atoms with E-state index in [4.69, 9.17) is 11.6 Å². The number of thiophene rings is 1. The average molecular weight is 361 g/mol. The minimum absolute atomic E-state index is 0.281. The summed E-state index contributed by atoms with van der Waals surface area (Å²) in [6.45, 7) is 0.486. The van der Waals surface area contributed by atoms with Gasteiger partial charge in [0.25, 0.3) is 0 Å². The molecule has 17 heavy (non-hydrogen) atoms. The van der Waals surface area contributed by atoms with Crippen LogP contribution in [0.1, 0.15) is 25.7 Å². The molecule has 1 aromatic rings. The molecule has 0 aromatic carbocycles. The number of halogens is 2. The SMILES string of the molecule is O=S(=O)(NCCCCCCBr)c1ccc(Cl)s1. The van der Waals surface area contributed by atoms with E-state index in [0.29, 0.717) is 10.9 Å². The van der Waals surface area contributed by atoms with Gasteiger partial charge in [0.15, 0.2) is 0 Å². The molecule has 1 aromatic heterocycles. The lowest BCUT2D eigenvalue weighted by molar-refractivity contribution is 0.576. The third-order valence-electron chi connectivity index (χ3n) is 2.17. The molecule has 0 radical (unpaired) electrons. The van der Waals surface area contributed by atoms with Gasteiger partial charge in [-0.15, -0.1) is 11.3 Å². The van der Waals surface area contributed by atoms with Crippen LogP contribution in [0.2, 0.25) is 4.34 Å². The minimum atomic E-state index is -3.36. The third kappa shape index (κ3) is 5.70. The average Bonchev–Trinajstić information content (AvgIpc) is 2.71. The van der Waals surface area contributed by atoms with Crippen molar-refractivity contribution in [2.75, 3.05) is 11.9 Å². The smallest absolute Gasteiger partial charge is 0.210 e. The van der Waals surface area contributed by atoms with Gasteiger partial charge < -0.3 is 0 Å². The van der Waals surface area contributed by atoms with Gasteiger partial charge in [-0.3, -0.25) is 0 Å². The van der Waals surface area contributed by atoms with E-state index in [2.05, 4.69) is 20.7 Å². The van der Waals surface area contributed by atoms with Gasteiger partial charge in [0.05, 0.1) is 4.34 Å². The highest BCUT2D eigenvalue weighted by Crippen LogP contribution is 2.25. The van der Waals surface area contributed by atoms with Gasteiger partial charge in [0, 0.05) is 11.9 Å². The number of rotatable bonds is 8. The van der Waals surface area contributed by atoms with Gasteiger partial charge in [-0.05, 0) is 25.0 Å². The number of nitrogens with one attached hydrogen (secondary N) is 1. The lowest BCUT2D eigenvalue weighted by Crippen LogP contribution is -2.23. The zero-order valence-electron chi connectivity index (χ0n) is 9.29. The van der Waals surface area contributed by atoms with Crippen molar-refractivity contribution < 1.29 is 8.42 Å². The summed E-state index contributed by atoms with van der Waals surface area (Å²) in [5.74, 6) is 0. The monoisotopic (exact) mass is 359 g/mol. The quantitative estimate of drug-likeness (QED) is 0.568. The van der Waals surface area contributed by atoms with Crippen LogP contribution >= 0.6 is 38.9 Å². The first-order valence-electron chi connectivity index (χ1n) is 5.37. The highest BCUT2D eigenvalue weighted by Gasteiger charge is 2.15. The number of hydrogen-bond donors (Lipinski definition) is 1. The zero-order chi connectivity index (χ0) is 12.7. The maximum absolute atomic E-state index is 11.8. The van der Waals surface area contributed by atoms with Crippen molar-refractivity contribution in [3.05, 3.63) is 16.5 Å². The van der Waals surface area contributed by atoms with Crippen LogP contribution in [0.4, 0.5) is 0 Å². The number of sulfonamides is 1. The first-order chi connectivity index (χ1) is 8.06. The van der Waals surface area contributed by atoms with Crippen molar-refractivity contribution in [1.82, 2.24) is 4.72 Å². The van der Waals surface area contributed by atoms with Crippen molar-refractivity contribution >= 4 is 48.9 Å². The van der Waals surface area contributed by atoms with Crippen LogP contribution in [-0.2, 0) is 10.0 Å². The lowest BCUT2D eigenvalue weighted by atomic mass is 10.2. The van der Waals surface area contributed by atoms with E-state index in [1.807, 2.05) is 0 Å². The normalized spacial score (nSPS) is 11.9. The Balaban J connectivity index is 2.31. The molecular formula is C10H15BrClNO2S2. The largest absolute Gasteiger partial charge is 0.250 e. The molecule has 0 aliphatic carbocycles. The molecule has 0 saturated heterocycles. The van der Waals surface area contributed by atoms with E-state index >= 15 is 0 Å². The van der Waals surface area contributed by atoms with E-state index in [9.17, 15) is 8.42 Å². The molecule has 0 atom stereocenters. The summed E-state index contributed by atoms with van der Waals surface area (Å²) in [7, 11) is -3.36. The topological polar surface area (TPSA) is 46.2 Å². The van der Waals surface area contributed by atoms with Crippen LogP contribution in [0, 0.1) is 0 Å². The minimum Gasteiger partial charge on any atom is -0.210 e. The van der Waals surface area contributed by atoms with Crippen LogP contribution in [0.5, 0.6) is 0 Å². The molecule has 0 amide bonds. The molecule has 1 rings (SSSR count). The fourth-order valence-electron chi connectivity index (χ4n) is 1.29. The summed E-state index contributed by atoms with van der Waals surface area (Å²) < 4.78 is 26.9. The summed E-state index contributed by atoms with van der Waals surface area (Å²) in [5.41, 5.74) is 0. The Hall–Kier alpha value is 0.380. The summed E-state index contributed by atoms with van der Waals surface area (Å²) >= 11 is 10.1. The number of alkyl halides is 1. The molecule has 1 heterocycles. The molecule has 3 nitrogen and oxygen atoms in total. The van der Waals surface area contributed by atoms with Crippen LogP contribution in [-0.4, -0.2) is 20.3 Å². The number of unbranched alkanes of at least 4 members (excludes halogenated alkanes) is 3. The van der Waals surface area contributed by atoms with E-state index in [0.717, 1.165) is 42.4 Å². The molecule has 0 saturated carbocycles. The Morgan fingerprint density at radius 3 is 2.53 bits per heavy atom. The van der Waals surface area contributed by atoms with Gasteiger partial charge >= 0.3 is 0 Å². The Morgan fingerprint density at radius 1 is 1.24 bits per heavy atom. The van der Waals surface area contributed by atoms with Crippen molar-refractivity contribution in [3.8, 4) is 0 Å². The second-order valence-electron chi connectivity index (χ2n) is 3.56. The highest BCUT2D eigenvalue weighted by molar-refractivity contribution is 9.09. The Morgan fingerprint density at radius 2 is 1.94 bits per heavy atom. The Labute approximate surface area is 120 Å². The first kappa shape index (κ1) is 15.4. The molecule has 0 bridgehead atoms. The molecule has 0 aliphatic rings. The molecule has 0 aliphatic heterocycles. The zero-order valence-corrected chi connectivity index (χ0v) is 13.3. The van der Waals surface area contributed by atoms with Crippen LogP contribution in [0.15, 0.2) is 16.3 Å². The summed E-state index contributed by atoms with van der Waals surface area (Å²) in [4.78, 5) is 0.